The maximum atomic E-state index is 12.6. The number of aromatic amines is 1. The largest absolute Gasteiger partial charge is 0.355 e. The first-order valence-corrected chi connectivity index (χ1v) is 10.9. The third-order valence-electron chi connectivity index (χ3n) is 5.65. The molecule has 4 aromatic rings. The first-order valence-electron chi connectivity index (χ1n) is 10.9. The first-order chi connectivity index (χ1) is 16.5. The van der Waals surface area contributed by atoms with Crippen LogP contribution in [0.25, 0.3) is 11.6 Å². The fourth-order valence-electron chi connectivity index (χ4n) is 3.91. The molecule has 7 heteroatoms. The second kappa shape index (κ2) is 8.71. The zero-order chi connectivity index (χ0) is 23.7. The van der Waals surface area contributed by atoms with Gasteiger partial charge in [0.1, 0.15) is 0 Å². The number of rotatable bonds is 5. The topological polar surface area (TPSA) is 98.9 Å². The highest BCUT2D eigenvalue weighted by atomic mass is 16.2. The molecule has 0 bridgehead atoms. The van der Waals surface area contributed by atoms with Crippen molar-refractivity contribution in [3.63, 3.8) is 0 Å². The molecule has 3 aromatic carbocycles. The number of carbonyl (C=O) groups excluding carboxylic acids is 2. The zero-order valence-electron chi connectivity index (χ0n) is 18.8. The number of anilines is 4. The van der Waals surface area contributed by atoms with E-state index in [2.05, 4.69) is 25.9 Å². The van der Waals surface area contributed by atoms with Gasteiger partial charge in [0.2, 0.25) is 0 Å². The van der Waals surface area contributed by atoms with E-state index in [4.69, 9.17) is 0 Å². The van der Waals surface area contributed by atoms with E-state index in [0.29, 0.717) is 16.8 Å². The van der Waals surface area contributed by atoms with Gasteiger partial charge in [-0.15, -0.1) is 0 Å². The summed E-state index contributed by atoms with van der Waals surface area (Å²) in [7, 11) is 0. The van der Waals surface area contributed by atoms with Crippen LogP contribution in [0.1, 0.15) is 32.9 Å². The summed E-state index contributed by atoms with van der Waals surface area (Å²) in [5.41, 5.74) is 7.78. The highest BCUT2D eigenvalue weighted by molar-refractivity contribution is 6.35. The molecule has 34 heavy (non-hydrogen) atoms. The molecule has 2 amide bonds. The number of nitrogens with zero attached hydrogens (tertiary/aromatic N) is 1. The highest BCUT2D eigenvalue weighted by Gasteiger charge is 2.24. The normalized spacial score (nSPS) is 13.5. The van der Waals surface area contributed by atoms with Crippen molar-refractivity contribution in [1.29, 1.82) is 0 Å². The smallest absolute Gasteiger partial charge is 0.256 e. The number of H-pyrrole nitrogens is 1. The lowest BCUT2D eigenvalue weighted by molar-refractivity contribution is -0.110. The van der Waals surface area contributed by atoms with Crippen LogP contribution in [-0.2, 0) is 4.79 Å². The van der Waals surface area contributed by atoms with E-state index in [1.807, 2.05) is 80.6 Å². The average molecular weight is 450 g/mol. The van der Waals surface area contributed by atoms with Crippen LogP contribution in [0.4, 0.5) is 22.7 Å². The molecule has 0 spiro atoms. The van der Waals surface area contributed by atoms with E-state index in [1.165, 1.54) is 0 Å². The molecule has 1 aliphatic heterocycles. The van der Waals surface area contributed by atoms with Crippen LogP contribution in [0.2, 0.25) is 0 Å². The van der Waals surface area contributed by atoms with Crippen LogP contribution < -0.4 is 16.0 Å². The molecule has 1 aromatic heterocycles. The van der Waals surface area contributed by atoms with E-state index in [9.17, 15) is 9.59 Å². The monoisotopic (exact) mass is 449 g/mol. The number of imidazole rings is 1. The van der Waals surface area contributed by atoms with Crippen molar-refractivity contribution in [1.82, 2.24) is 9.97 Å². The molecule has 4 N–H and O–H groups in total. The molecule has 5 rings (SSSR count). The van der Waals surface area contributed by atoms with Gasteiger partial charge in [-0.25, -0.2) is 4.98 Å². The minimum Gasteiger partial charge on any atom is -0.355 e. The lowest BCUT2D eigenvalue weighted by Gasteiger charge is -2.11. The Morgan fingerprint density at radius 2 is 1.74 bits per heavy atom. The second-order valence-corrected chi connectivity index (χ2v) is 8.20. The Hall–Kier alpha value is -4.65. The Bertz CT molecular complexity index is 1450. The molecule has 0 radical (unpaired) electrons. The second-order valence-electron chi connectivity index (χ2n) is 8.20. The predicted octanol–water partition coefficient (Wildman–Crippen LogP) is 5.52. The van der Waals surface area contributed by atoms with Gasteiger partial charge in [0.05, 0.1) is 29.0 Å². The number of hydrogen-bond donors (Lipinski definition) is 4. The maximum Gasteiger partial charge on any atom is 0.256 e. The summed E-state index contributed by atoms with van der Waals surface area (Å²) < 4.78 is 0. The molecule has 7 nitrogen and oxygen atoms in total. The molecule has 1 aliphatic rings. The Morgan fingerprint density at radius 1 is 0.941 bits per heavy atom. The van der Waals surface area contributed by atoms with Crippen molar-refractivity contribution in [2.75, 3.05) is 16.0 Å². The fourth-order valence-corrected chi connectivity index (χ4v) is 3.91. The van der Waals surface area contributed by atoms with Gasteiger partial charge in [-0.1, -0.05) is 29.8 Å². The Morgan fingerprint density at radius 3 is 2.53 bits per heavy atom. The summed E-state index contributed by atoms with van der Waals surface area (Å²) in [5.74, 6) is -0.310. The quantitative estimate of drug-likeness (QED) is 0.302. The van der Waals surface area contributed by atoms with Gasteiger partial charge in [0.25, 0.3) is 11.8 Å². The number of aryl methyl sites for hydroxylation is 2. The molecule has 0 fully saturated rings. The Labute approximate surface area is 196 Å². The SMILES string of the molecule is Cc1cccc(C(=O)Nc2cccc(Nc3ccc4c(c3)NC(=O)C4=Cc3[nH]cnc3C)c2)c1. The fraction of sp³-hybridized carbons (Fsp3) is 0.0741. The molecule has 2 heterocycles. The van der Waals surface area contributed by atoms with Crippen LogP contribution >= 0.6 is 0 Å². The molecule has 0 saturated heterocycles. The third-order valence-corrected chi connectivity index (χ3v) is 5.65. The minimum atomic E-state index is -0.159. The van der Waals surface area contributed by atoms with Crippen molar-refractivity contribution in [3.05, 3.63) is 101 Å². The Balaban J connectivity index is 1.34. The summed E-state index contributed by atoms with van der Waals surface area (Å²) >= 11 is 0. The number of benzene rings is 3. The van der Waals surface area contributed by atoms with E-state index < -0.39 is 0 Å². The van der Waals surface area contributed by atoms with Gasteiger partial charge in [-0.2, -0.15) is 0 Å². The summed E-state index contributed by atoms with van der Waals surface area (Å²) in [6, 6.07) is 20.7. The highest BCUT2D eigenvalue weighted by Crippen LogP contribution is 2.36. The summed E-state index contributed by atoms with van der Waals surface area (Å²) in [6.45, 7) is 3.85. The van der Waals surface area contributed by atoms with E-state index >= 15 is 0 Å². The maximum absolute atomic E-state index is 12.6. The summed E-state index contributed by atoms with van der Waals surface area (Å²) in [4.78, 5) is 32.4. The van der Waals surface area contributed by atoms with Crippen LogP contribution in [0.15, 0.2) is 73.1 Å². The number of fused-ring (bicyclic) bond motifs is 1. The van der Waals surface area contributed by atoms with E-state index in [1.54, 1.807) is 12.4 Å². The van der Waals surface area contributed by atoms with Gasteiger partial charge in [0.15, 0.2) is 0 Å². The van der Waals surface area contributed by atoms with Crippen LogP contribution in [0.3, 0.4) is 0 Å². The third kappa shape index (κ3) is 4.31. The first kappa shape index (κ1) is 21.2. The van der Waals surface area contributed by atoms with E-state index in [-0.39, 0.29) is 11.8 Å². The standard InChI is InChI=1S/C27H23N5O2/c1-16-5-3-6-18(11-16)26(33)31-20-8-4-7-19(12-20)30-21-9-10-22-23(27(34)32-25(22)13-21)14-24-17(2)28-15-29-24/h3-15,30H,1-2H3,(H,28,29)(H,31,33)(H,32,34). The zero-order valence-corrected chi connectivity index (χ0v) is 18.8. The molecule has 0 atom stereocenters. The summed E-state index contributed by atoms with van der Waals surface area (Å²) in [5, 5.41) is 9.21. The average Bonchev–Trinajstić information content (AvgIpc) is 3.36. The molecular weight excluding hydrogens is 426 g/mol. The van der Waals surface area contributed by atoms with Crippen molar-refractivity contribution < 1.29 is 9.59 Å². The van der Waals surface area contributed by atoms with Crippen LogP contribution in [0, 0.1) is 13.8 Å². The van der Waals surface area contributed by atoms with E-state index in [0.717, 1.165) is 39.6 Å². The number of aromatic nitrogens is 2. The van der Waals surface area contributed by atoms with Gasteiger partial charge in [-0.05, 0) is 62.4 Å². The number of amides is 2. The van der Waals surface area contributed by atoms with Crippen molar-refractivity contribution >= 4 is 46.2 Å². The lowest BCUT2D eigenvalue weighted by atomic mass is 10.0. The van der Waals surface area contributed by atoms with Crippen molar-refractivity contribution in [2.45, 2.75) is 13.8 Å². The molecule has 0 unspecified atom stereocenters. The van der Waals surface area contributed by atoms with Gasteiger partial charge < -0.3 is 20.9 Å². The lowest BCUT2D eigenvalue weighted by Crippen LogP contribution is -2.12. The minimum absolute atomic E-state index is 0.151. The molecule has 168 valence electrons. The van der Waals surface area contributed by atoms with Gasteiger partial charge in [0, 0.05) is 28.2 Å². The number of nitrogens with one attached hydrogen (secondary N) is 4. The van der Waals surface area contributed by atoms with Crippen molar-refractivity contribution in [2.24, 2.45) is 0 Å². The van der Waals surface area contributed by atoms with Crippen molar-refractivity contribution in [3.8, 4) is 0 Å². The molecular formula is C27H23N5O2. The van der Waals surface area contributed by atoms with Crippen LogP contribution in [-0.4, -0.2) is 21.8 Å². The molecule has 0 saturated carbocycles. The number of hydrogen-bond acceptors (Lipinski definition) is 4. The van der Waals surface area contributed by atoms with Gasteiger partial charge in [-0.3, -0.25) is 9.59 Å². The Kier molecular flexibility index (Phi) is 5.43. The van der Waals surface area contributed by atoms with Gasteiger partial charge >= 0.3 is 0 Å². The predicted molar refractivity (Wildman–Crippen MR) is 135 cm³/mol. The van der Waals surface area contributed by atoms with Crippen LogP contribution in [0.5, 0.6) is 0 Å². The summed E-state index contributed by atoms with van der Waals surface area (Å²) in [6.07, 6.45) is 3.43. The number of carbonyl (C=O) groups is 2. The molecule has 0 aliphatic carbocycles.